The average molecular weight is 286 g/mol. The number of hydrogen-bond acceptors (Lipinski definition) is 1. The minimum absolute atomic E-state index is 0.316. The highest BCUT2D eigenvalue weighted by atomic mass is 31.1. The Morgan fingerprint density at radius 2 is 1.11 bits per heavy atom. The molecule has 1 atom stereocenters. The smallest absolute Gasteiger partial charge is 0.151 e. The van der Waals surface area contributed by atoms with Gasteiger partial charge in [0.15, 0.2) is 5.52 Å². The normalized spacial score (nSPS) is 12.6. The molecule has 0 bridgehead atoms. The van der Waals surface area contributed by atoms with E-state index in [2.05, 4.69) is 13.6 Å². The van der Waals surface area contributed by atoms with Gasteiger partial charge >= 0.3 is 0 Å². The van der Waals surface area contributed by atoms with Crippen molar-refractivity contribution < 1.29 is 4.79 Å². The van der Waals surface area contributed by atoms with E-state index < -0.39 is 0 Å². The fourth-order valence-corrected chi connectivity index (χ4v) is 3.36. The molecule has 0 heterocycles. The van der Waals surface area contributed by atoms with E-state index in [1.54, 1.807) is 6.92 Å². The van der Waals surface area contributed by atoms with Crippen LogP contribution in [0, 0.1) is 0 Å². The largest absolute Gasteiger partial charge is 0.295 e. The molecule has 0 fully saturated rings. The molecule has 0 aliphatic carbocycles. The zero-order chi connectivity index (χ0) is 14.3. The molecule has 1 unspecified atom stereocenters. The minimum atomic E-state index is -0.316. The number of hydrogen-bond donors (Lipinski definition) is 0. The third kappa shape index (κ3) is 14.3. The Labute approximate surface area is 122 Å². The second kappa shape index (κ2) is 14.5. The molecule has 0 aromatic heterocycles. The van der Waals surface area contributed by atoms with Crippen LogP contribution in [0.1, 0.15) is 90.9 Å². The lowest BCUT2D eigenvalue weighted by Gasteiger charge is -2.07. The molecule has 2 heteroatoms. The molecule has 0 amide bonds. The molecule has 0 aromatic carbocycles. The van der Waals surface area contributed by atoms with Crippen molar-refractivity contribution in [2.75, 3.05) is 12.8 Å². The maximum absolute atomic E-state index is 11.1. The lowest BCUT2D eigenvalue weighted by atomic mass is 10.1. The summed E-state index contributed by atoms with van der Waals surface area (Å²) in [6, 6.07) is 0. The van der Waals surface area contributed by atoms with Crippen molar-refractivity contribution in [3.8, 4) is 0 Å². The van der Waals surface area contributed by atoms with Crippen LogP contribution in [0.4, 0.5) is 0 Å². The number of carbonyl (C=O) groups excluding carboxylic acids is 1. The molecular weight excluding hydrogens is 251 g/mol. The second-order valence-corrected chi connectivity index (χ2v) is 8.30. The van der Waals surface area contributed by atoms with Gasteiger partial charge in [-0.2, -0.15) is 0 Å². The monoisotopic (exact) mass is 286 g/mol. The summed E-state index contributed by atoms with van der Waals surface area (Å²) in [5.74, 6) is 0. The van der Waals surface area contributed by atoms with E-state index in [0.29, 0.717) is 5.52 Å². The van der Waals surface area contributed by atoms with Crippen LogP contribution < -0.4 is 0 Å². The van der Waals surface area contributed by atoms with Gasteiger partial charge < -0.3 is 0 Å². The molecule has 0 aromatic rings. The molecule has 1 nitrogen and oxygen atoms in total. The fourth-order valence-electron chi connectivity index (χ4n) is 2.35. The maximum atomic E-state index is 11.1. The first-order chi connectivity index (χ1) is 9.18. The molecule has 0 saturated carbocycles. The van der Waals surface area contributed by atoms with Crippen molar-refractivity contribution in [2.45, 2.75) is 90.9 Å². The van der Waals surface area contributed by atoms with Crippen molar-refractivity contribution in [1.82, 2.24) is 0 Å². The van der Waals surface area contributed by atoms with Crippen LogP contribution in [0.2, 0.25) is 0 Å². The van der Waals surface area contributed by atoms with Gasteiger partial charge in [-0.15, -0.1) is 0 Å². The molecule has 0 aliphatic rings. The van der Waals surface area contributed by atoms with Crippen LogP contribution in [0.5, 0.6) is 0 Å². The van der Waals surface area contributed by atoms with Gasteiger partial charge in [0.05, 0.1) is 0 Å². The standard InChI is InChI=1S/C17H35OP/c1-4-5-6-7-8-9-10-11-12-13-14-15-16-19(3)17(2)18/h4-16H2,1-3H3. The first kappa shape index (κ1) is 19.1. The number of unbranched alkanes of at least 4 members (excludes halogenated alkanes) is 11. The first-order valence-corrected chi connectivity index (χ1v) is 10.4. The summed E-state index contributed by atoms with van der Waals surface area (Å²) in [4.78, 5) is 11.1. The minimum Gasteiger partial charge on any atom is -0.295 e. The lowest BCUT2D eigenvalue weighted by Crippen LogP contribution is -1.92. The average Bonchev–Trinajstić information content (AvgIpc) is 2.39. The summed E-state index contributed by atoms with van der Waals surface area (Å²) in [5.41, 5.74) is 0.415. The Kier molecular flexibility index (Phi) is 14.6. The van der Waals surface area contributed by atoms with Crippen LogP contribution in [-0.4, -0.2) is 18.4 Å². The van der Waals surface area contributed by atoms with Gasteiger partial charge in [-0.1, -0.05) is 77.6 Å². The topological polar surface area (TPSA) is 17.1 Å². The molecule has 19 heavy (non-hydrogen) atoms. The molecule has 0 spiro atoms. The highest BCUT2D eigenvalue weighted by Gasteiger charge is 2.05. The second-order valence-electron chi connectivity index (χ2n) is 5.83. The molecule has 114 valence electrons. The highest BCUT2D eigenvalue weighted by Crippen LogP contribution is 2.32. The SMILES string of the molecule is CCCCCCCCCCCCCCP(C)C(C)=O. The molecule has 0 aliphatic heterocycles. The fraction of sp³-hybridized carbons (Fsp3) is 0.941. The van der Waals surface area contributed by atoms with Gasteiger partial charge in [0.2, 0.25) is 0 Å². The Morgan fingerprint density at radius 1 is 0.737 bits per heavy atom. The Bertz CT molecular complexity index is 203. The summed E-state index contributed by atoms with van der Waals surface area (Å²) < 4.78 is 0. The number of carbonyl (C=O) groups is 1. The maximum Gasteiger partial charge on any atom is 0.151 e. The van der Waals surface area contributed by atoms with E-state index in [9.17, 15) is 4.79 Å². The van der Waals surface area contributed by atoms with Crippen molar-refractivity contribution in [3.05, 3.63) is 0 Å². The summed E-state index contributed by atoms with van der Waals surface area (Å²) in [5, 5.41) is 0. The van der Waals surface area contributed by atoms with Crippen LogP contribution in [0.15, 0.2) is 0 Å². The zero-order valence-electron chi connectivity index (χ0n) is 13.5. The Hall–Kier alpha value is 0.100. The third-order valence-corrected chi connectivity index (χ3v) is 5.95. The molecule has 0 radical (unpaired) electrons. The van der Waals surface area contributed by atoms with Crippen molar-refractivity contribution in [2.24, 2.45) is 0 Å². The van der Waals surface area contributed by atoms with Crippen molar-refractivity contribution in [3.63, 3.8) is 0 Å². The van der Waals surface area contributed by atoms with E-state index in [-0.39, 0.29) is 7.92 Å². The van der Waals surface area contributed by atoms with Crippen molar-refractivity contribution in [1.29, 1.82) is 0 Å². The summed E-state index contributed by atoms with van der Waals surface area (Å²) in [7, 11) is -0.316. The quantitative estimate of drug-likeness (QED) is 0.269. The van der Waals surface area contributed by atoms with Gasteiger partial charge in [-0.25, -0.2) is 0 Å². The van der Waals surface area contributed by atoms with Gasteiger partial charge in [0.1, 0.15) is 0 Å². The highest BCUT2D eigenvalue weighted by molar-refractivity contribution is 7.74. The van der Waals surface area contributed by atoms with E-state index >= 15 is 0 Å². The molecule has 0 N–H and O–H groups in total. The predicted molar refractivity (Wildman–Crippen MR) is 89.5 cm³/mol. The van der Waals surface area contributed by atoms with Crippen molar-refractivity contribution >= 4 is 13.4 Å². The van der Waals surface area contributed by atoms with Gasteiger partial charge in [0.25, 0.3) is 0 Å². The van der Waals surface area contributed by atoms with E-state index in [1.807, 2.05) is 0 Å². The first-order valence-electron chi connectivity index (χ1n) is 8.40. The summed E-state index contributed by atoms with van der Waals surface area (Å²) in [6.07, 6.45) is 17.9. The number of rotatable bonds is 14. The van der Waals surface area contributed by atoms with Crippen LogP contribution >= 0.6 is 7.92 Å². The lowest BCUT2D eigenvalue weighted by molar-refractivity contribution is -0.109. The van der Waals surface area contributed by atoms with Crippen LogP contribution in [-0.2, 0) is 4.79 Å². The summed E-state index contributed by atoms with van der Waals surface area (Å²) >= 11 is 0. The van der Waals surface area contributed by atoms with E-state index in [1.165, 1.54) is 77.0 Å². The van der Waals surface area contributed by atoms with E-state index in [4.69, 9.17) is 0 Å². The van der Waals surface area contributed by atoms with Crippen LogP contribution in [0.3, 0.4) is 0 Å². The predicted octanol–water partition coefficient (Wildman–Crippen LogP) is 6.35. The Balaban J connectivity index is 3.05. The van der Waals surface area contributed by atoms with E-state index in [0.717, 1.165) is 6.16 Å². The molecular formula is C17H35OP. The third-order valence-electron chi connectivity index (χ3n) is 3.88. The zero-order valence-corrected chi connectivity index (χ0v) is 14.4. The Morgan fingerprint density at radius 3 is 1.47 bits per heavy atom. The summed E-state index contributed by atoms with van der Waals surface area (Å²) in [6.45, 7) is 6.14. The van der Waals surface area contributed by atoms with Gasteiger partial charge in [0, 0.05) is 0 Å². The molecule has 0 rings (SSSR count). The van der Waals surface area contributed by atoms with Gasteiger partial charge in [-0.3, -0.25) is 4.79 Å². The van der Waals surface area contributed by atoms with Crippen LogP contribution in [0.25, 0.3) is 0 Å². The molecule has 0 saturated heterocycles. The van der Waals surface area contributed by atoms with Gasteiger partial charge in [-0.05, 0) is 34.1 Å².